The van der Waals surface area contributed by atoms with Gasteiger partial charge in [0, 0.05) is 23.7 Å². The van der Waals surface area contributed by atoms with Crippen molar-refractivity contribution in [2.75, 3.05) is 18.7 Å². The number of nitrogens with zero attached hydrogens (tertiary/aromatic N) is 2. The number of anilines is 2. The van der Waals surface area contributed by atoms with E-state index in [2.05, 4.69) is 15.3 Å². The van der Waals surface area contributed by atoms with Gasteiger partial charge in [-0.05, 0) is 48.0 Å². The van der Waals surface area contributed by atoms with E-state index in [4.69, 9.17) is 4.74 Å². The van der Waals surface area contributed by atoms with Gasteiger partial charge >= 0.3 is 0 Å². The molecule has 0 amide bonds. The van der Waals surface area contributed by atoms with E-state index in [1.165, 1.54) is 6.26 Å². The molecule has 1 N–H and O–H groups in total. The second kappa shape index (κ2) is 7.53. The van der Waals surface area contributed by atoms with Crippen molar-refractivity contribution in [3.8, 4) is 17.1 Å². The number of benzene rings is 2. The van der Waals surface area contributed by atoms with E-state index in [1.807, 2.05) is 36.4 Å². The number of hydrogen-bond acceptors (Lipinski definition) is 6. The molecule has 7 heteroatoms. The van der Waals surface area contributed by atoms with Crippen LogP contribution >= 0.6 is 0 Å². The smallest absolute Gasteiger partial charge is 0.161 e. The number of nitrogens with one attached hydrogen (secondary N) is 1. The Hall–Kier alpha value is -2.93. The maximum Gasteiger partial charge on any atom is 0.161 e. The normalized spacial score (nSPS) is 11.2. The van der Waals surface area contributed by atoms with Crippen LogP contribution in [-0.2, 0) is 15.6 Å². The fourth-order valence-corrected chi connectivity index (χ4v) is 3.24. The lowest BCUT2D eigenvalue weighted by atomic mass is 10.2. The van der Waals surface area contributed by atoms with E-state index in [0.29, 0.717) is 11.6 Å². The average Bonchev–Trinajstić information content (AvgIpc) is 2.62. The molecular weight excluding hydrogens is 350 g/mol. The molecule has 26 heavy (non-hydrogen) atoms. The Kier molecular flexibility index (Phi) is 5.18. The minimum absolute atomic E-state index is 0.0302. The molecule has 0 bridgehead atoms. The SMILES string of the molecule is COc1ccc(-c2nccc(Nc3ccc(CS(C)(=O)=O)cc3)n2)cc1. The first kappa shape index (κ1) is 17.9. The molecule has 0 aliphatic heterocycles. The van der Waals surface area contributed by atoms with Gasteiger partial charge < -0.3 is 10.1 Å². The van der Waals surface area contributed by atoms with Crippen molar-refractivity contribution < 1.29 is 13.2 Å². The third kappa shape index (κ3) is 4.80. The highest BCUT2D eigenvalue weighted by Crippen LogP contribution is 2.22. The summed E-state index contributed by atoms with van der Waals surface area (Å²) in [5.74, 6) is 2.06. The van der Waals surface area contributed by atoms with Crippen LogP contribution < -0.4 is 10.1 Å². The summed E-state index contributed by atoms with van der Waals surface area (Å²) < 4.78 is 27.9. The zero-order valence-electron chi connectivity index (χ0n) is 14.5. The van der Waals surface area contributed by atoms with Gasteiger partial charge in [-0.2, -0.15) is 0 Å². The number of methoxy groups -OCH3 is 1. The fraction of sp³-hybridized carbons (Fsp3) is 0.158. The summed E-state index contributed by atoms with van der Waals surface area (Å²) in [4.78, 5) is 8.82. The van der Waals surface area contributed by atoms with Crippen LogP contribution in [0.2, 0.25) is 0 Å². The van der Waals surface area contributed by atoms with Crippen molar-refractivity contribution in [3.63, 3.8) is 0 Å². The molecular formula is C19H19N3O3S. The van der Waals surface area contributed by atoms with Gasteiger partial charge in [0.2, 0.25) is 0 Å². The molecule has 0 fully saturated rings. The minimum atomic E-state index is -3.04. The maximum absolute atomic E-state index is 11.3. The Morgan fingerprint density at radius 1 is 1.00 bits per heavy atom. The number of aromatic nitrogens is 2. The van der Waals surface area contributed by atoms with Crippen LogP contribution in [0.1, 0.15) is 5.56 Å². The average molecular weight is 369 g/mol. The van der Waals surface area contributed by atoms with Gasteiger partial charge in [0.25, 0.3) is 0 Å². The first-order valence-corrected chi connectivity index (χ1v) is 10.0. The molecule has 1 heterocycles. The van der Waals surface area contributed by atoms with Gasteiger partial charge in [-0.1, -0.05) is 12.1 Å². The van der Waals surface area contributed by atoms with Crippen LogP contribution in [0.3, 0.4) is 0 Å². The first-order chi connectivity index (χ1) is 12.4. The largest absolute Gasteiger partial charge is 0.497 e. The first-order valence-electron chi connectivity index (χ1n) is 7.94. The van der Waals surface area contributed by atoms with Crippen molar-refractivity contribution in [1.29, 1.82) is 0 Å². The van der Waals surface area contributed by atoms with E-state index in [1.54, 1.807) is 31.5 Å². The van der Waals surface area contributed by atoms with Crippen LogP contribution in [0.5, 0.6) is 5.75 Å². The van der Waals surface area contributed by atoms with E-state index in [9.17, 15) is 8.42 Å². The van der Waals surface area contributed by atoms with Gasteiger partial charge in [-0.3, -0.25) is 0 Å². The van der Waals surface area contributed by atoms with Crippen molar-refractivity contribution in [2.24, 2.45) is 0 Å². The molecule has 0 radical (unpaired) electrons. The zero-order chi connectivity index (χ0) is 18.6. The number of hydrogen-bond donors (Lipinski definition) is 1. The Morgan fingerprint density at radius 2 is 1.69 bits per heavy atom. The molecule has 0 aliphatic rings. The van der Waals surface area contributed by atoms with Gasteiger partial charge in [-0.25, -0.2) is 18.4 Å². The molecule has 3 aromatic rings. The molecule has 134 valence electrons. The quantitative estimate of drug-likeness (QED) is 0.717. The summed E-state index contributed by atoms with van der Waals surface area (Å²) >= 11 is 0. The number of rotatable bonds is 6. The lowest BCUT2D eigenvalue weighted by Gasteiger charge is -2.08. The number of sulfone groups is 1. The summed E-state index contributed by atoms with van der Waals surface area (Å²) in [6.07, 6.45) is 2.91. The lowest BCUT2D eigenvalue weighted by molar-refractivity contribution is 0.415. The van der Waals surface area contributed by atoms with Crippen LogP contribution in [0.25, 0.3) is 11.4 Å². The topological polar surface area (TPSA) is 81.2 Å². The highest BCUT2D eigenvalue weighted by molar-refractivity contribution is 7.89. The van der Waals surface area contributed by atoms with E-state index < -0.39 is 9.84 Å². The second-order valence-electron chi connectivity index (χ2n) is 5.89. The second-order valence-corrected chi connectivity index (χ2v) is 8.03. The van der Waals surface area contributed by atoms with Crippen LogP contribution in [-0.4, -0.2) is 31.8 Å². The van der Waals surface area contributed by atoms with Crippen LogP contribution in [0, 0.1) is 0 Å². The van der Waals surface area contributed by atoms with Gasteiger partial charge in [0.15, 0.2) is 15.7 Å². The highest BCUT2D eigenvalue weighted by Gasteiger charge is 2.06. The third-order valence-electron chi connectivity index (χ3n) is 3.66. The molecule has 0 unspecified atom stereocenters. The minimum Gasteiger partial charge on any atom is -0.497 e. The Labute approximate surface area is 152 Å². The van der Waals surface area contributed by atoms with Crippen LogP contribution in [0.4, 0.5) is 11.5 Å². The van der Waals surface area contributed by atoms with Gasteiger partial charge in [0.05, 0.1) is 12.9 Å². The van der Waals surface area contributed by atoms with E-state index in [-0.39, 0.29) is 5.75 Å². The molecule has 6 nitrogen and oxygen atoms in total. The van der Waals surface area contributed by atoms with Gasteiger partial charge in [-0.15, -0.1) is 0 Å². The highest BCUT2D eigenvalue weighted by atomic mass is 32.2. The Balaban J connectivity index is 1.76. The summed E-state index contributed by atoms with van der Waals surface area (Å²) in [6, 6.07) is 16.5. The molecule has 0 aliphatic carbocycles. The molecule has 0 saturated carbocycles. The van der Waals surface area contributed by atoms with E-state index in [0.717, 1.165) is 22.6 Å². The predicted molar refractivity (Wildman–Crippen MR) is 102 cm³/mol. The van der Waals surface area contributed by atoms with Crippen LogP contribution in [0.15, 0.2) is 60.8 Å². The summed E-state index contributed by atoms with van der Waals surface area (Å²) in [7, 11) is -1.42. The molecule has 0 atom stereocenters. The lowest BCUT2D eigenvalue weighted by Crippen LogP contribution is -2.01. The Bertz CT molecular complexity index is 985. The summed E-state index contributed by atoms with van der Waals surface area (Å²) in [6.45, 7) is 0. The van der Waals surface area contributed by atoms with Crippen molar-refractivity contribution in [2.45, 2.75) is 5.75 Å². The predicted octanol–water partition coefficient (Wildman–Crippen LogP) is 3.44. The standard InChI is InChI=1S/C19H19N3O3S/c1-25-17-9-5-15(6-10-17)19-20-12-11-18(22-19)21-16-7-3-14(4-8-16)13-26(2,23)24/h3-12H,13H2,1-2H3,(H,20,21,22). The zero-order valence-corrected chi connectivity index (χ0v) is 15.3. The molecule has 0 spiro atoms. The molecule has 1 aromatic heterocycles. The van der Waals surface area contributed by atoms with Crippen molar-refractivity contribution >= 4 is 21.3 Å². The van der Waals surface area contributed by atoms with Crippen molar-refractivity contribution in [1.82, 2.24) is 9.97 Å². The third-order valence-corrected chi connectivity index (χ3v) is 4.52. The van der Waals surface area contributed by atoms with E-state index >= 15 is 0 Å². The van der Waals surface area contributed by atoms with Crippen molar-refractivity contribution in [3.05, 3.63) is 66.4 Å². The molecule has 2 aromatic carbocycles. The molecule has 0 saturated heterocycles. The monoisotopic (exact) mass is 369 g/mol. The molecule has 3 rings (SSSR count). The fourth-order valence-electron chi connectivity index (χ4n) is 2.44. The summed E-state index contributed by atoms with van der Waals surface area (Å²) in [5, 5.41) is 3.20. The number of ether oxygens (including phenoxy) is 1. The Morgan fingerprint density at radius 3 is 2.31 bits per heavy atom. The summed E-state index contributed by atoms with van der Waals surface area (Å²) in [5.41, 5.74) is 2.46. The van der Waals surface area contributed by atoms with Gasteiger partial charge in [0.1, 0.15) is 11.6 Å². The maximum atomic E-state index is 11.3.